The van der Waals surface area contributed by atoms with Gasteiger partial charge in [-0.15, -0.1) is 5.10 Å². The minimum absolute atomic E-state index is 0.499. The molecule has 0 N–H and O–H groups in total. The summed E-state index contributed by atoms with van der Waals surface area (Å²) in [5.74, 6) is -0.499. The topological polar surface area (TPSA) is 100 Å². The predicted octanol–water partition coefficient (Wildman–Crippen LogP) is 0.969. The molecule has 0 saturated carbocycles. The van der Waals surface area contributed by atoms with Crippen molar-refractivity contribution in [3.63, 3.8) is 0 Å². The smallest absolute Gasteiger partial charge is 0.440 e. The molecular weight excluding hydrogens is 204 g/mol. The van der Waals surface area contributed by atoms with Gasteiger partial charge in [-0.05, 0) is 25.7 Å². The molecule has 0 aromatic carbocycles. The van der Waals surface area contributed by atoms with Crippen molar-refractivity contribution in [3.05, 3.63) is 16.3 Å². The molecule has 1 heterocycles. The molecule has 0 spiro atoms. The SMILES string of the molecule is CC(C)(C)OC(=O)n1ncc([N+](=O)[O-])n1. The fourth-order valence-electron chi connectivity index (χ4n) is 0.729. The average molecular weight is 214 g/mol. The van der Waals surface area contributed by atoms with Crippen molar-refractivity contribution < 1.29 is 14.5 Å². The molecule has 0 atom stereocenters. The second-order valence-electron chi connectivity index (χ2n) is 3.73. The van der Waals surface area contributed by atoms with Crippen molar-refractivity contribution >= 4 is 11.9 Å². The van der Waals surface area contributed by atoms with E-state index in [-0.39, 0.29) is 0 Å². The van der Waals surface area contributed by atoms with Crippen LogP contribution in [0.25, 0.3) is 0 Å². The third kappa shape index (κ3) is 3.01. The Bertz CT molecular complexity index is 392. The van der Waals surface area contributed by atoms with E-state index >= 15 is 0 Å². The van der Waals surface area contributed by atoms with E-state index in [2.05, 4.69) is 10.2 Å². The van der Waals surface area contributed by atoms with Crippen LogP contribution in [-0.4, -0.2) is 31.6 Å². The number of rotatable bonds is 1. The van der Waals surface area contributed by atoms with Crippen LogP contribution in [0.4, 0.5) is 10.6 Å². The summed E-state index contributed by atoms with van der Waals surface area (Å²) in [7, 11) is 0. The zero-order valence-corrected chi connectivity index (χ0v) is 8.50. The van der Waals surface area contributed by atoms with Crippen molar-refractivity contribution in [1.82, 2.24) is 15.0 Å². The van der Waals surface area contributed by atoms with Crippen molar-refractivity contribution in [2.24, 2.45) is 0 Å². The number of nitrogens with zero attached hydrogens (tertiary/aromatic N) is 4. The molecule has 15 heavy (non-hydrogen) atoms. The number of aromatic nitrogens is 3. The highest BCUT2D eigenvalue weighted by atomic mass is 16.6. The summed E-state index contributed by atoms with van der Waals surface area (Å²) in [5.41, 5.74) is -0.695. The summed E-state index contributed by atoms with van der Waals surface area (Å²) in [6.45, 7) is 5.01. The van der Waals surface area contributed by atoms with Gasteiger partial charge in [0, 0.05) is 4.80 Å². The highest BCUT2D eigenvalue weighted by Crippen LogP contribution is 2.09. The van der Waals surface area contributed by atoms with Gasteiger partial charge >= 0.3 is 11.9 Å². The van der Waals surface area contributed by atoms with E-state index in [1.54, 1.807) is 20.8 Å². The van der Waals surface area contributed by atoms with Crippen molar-refractivity contribution in [1.29, 1.82) is 0 Å². The number of hydrogen-bond acceptors (Lipinski definition) is 6. The number of hydrogen-bond donors (Lipinski definition) is 0. The molecule has 1 aromatic heterocycles. The van der Waals surface area contributed by atoms with Crippen LogP contribution in [0.15, 0.2) is 6.20 Å². The van der Waals surface area contributed by atoms with E-state index in [0.717, 1.165) is 6.20 Å². The lowest BCUT2D eigenvalue weighted by atomic mass is 10.2. The average Bonchev–Trinajstić information content (AvgIpc) is 2.47. The second kappa shape index (κ2) is 3.64. The van der Waals surface area contributed by atoms with Gasteiger partial charge in [0.25, 0.3) is 0 Å². The largest absolute Gasteiger partial charge is 0.472 e. The van der Waals surface area contributed by atoms with Crippen LogP contribution in [0.2, 0.25) is 0 Å². The second-order valence-corrected chi connectivity index (χ2v) is 3.73. The maximum atomic E-state index is 11.3. The van der Waals surface area contributed by atoms with Crippen LogP contribution in [-0.2, 0) is 4.74 Å². The van der Waals surface area contributed by atoms with Gasteiger partial charge in [0.2, 0.25) is 0 Å². The summed E-state index contributed by atoms with van der Waals surface area (Å²) < 4.78 is 4.89. The predicted molar refractivity (Wildman–Crippen MR) is 48.3 cm³/mol. The third-order valence-corrected chi connectivity index (χ3v) is 1.22. The minimum Gasteiger partial charge on any atom is -0.440 e. The van der Waals surface area contributed by atoms with Gasteiger partial charge in [-0.2, -0.15) is 0 Å². The number of carbonyl (C=O) groups is 1. The van der Waals surface area contributed by atoms with Crippen molar-refractivity contribution in [2.75, 3.05) is 0 Å². The van der Waals surface area contributed by atoms with Gasteiger partial charge in [0.05, 0.1) is 5.10 Å². The Morgan fingerprint density at radius 2 is 2.20 bits per heavy atom. The Balaban J connectivity index is 2.79. The molecule has 82 valence electrons. The molecule has 8 nitrogen and oxygen atoms in total. The molecule has 0 amide bonds. The molecule has 0 aliphatic heterocycles. The van der Waals surface area contributed by atoms with Crippen LogP contribution in [0.5, 0.6) is 0 Å². The molecule has 8 heteroatoms. The maximum Gasteiger partial charge on any atom is 0.472 e. The lowest BCUT2D eigenvalue weighted by Crippen LogP contribution is -2.28. The van der Waals surface area contributed by atoms with Crippen LogP contribution in [0, 0.1) is 10.1 Å². The minimum atomic E-state index is -0.851. The summed E-state index contributed by atoms with van der Waals surface area (Å²) in [6, 6.07) is 0. The standard InChI is InChI=1S/C7H10N4O4/c1-7(2,3)15-6(12)10-8-4-5(9-10)11(13)14/h4H,1-3H3. The van der Waals surface area contributed by atoms with Crippen LogP contribution in [0.3, 0.4) is 0 Å². The Hall–Kier alpha value is -1.99. The molecule has 0 aliphatic rings. The van der Waals surface area contributed by atoms with E-state index < -0.39 is 22.4 Å². The molecule has 0 radical (unpaired) electrons. The highest BCUT2D eigenvalue weighted by molar-refractivity contribution is 5.68. The maximum absolute atomic E-state index is 11.3. The summed E-state index contributed by atoms with van der Waals surface area (Å²) in [4.78, 5) is 21.4. The van der Waals surface area contributed by atoms with Gasteiger partial charge in [0.15, 0.2) is 6.20 Å². The van der Waals surface area contributed by atoms with E-state index in [4.69, 9.17) is 4.74 Å². The molecule has 1 rings (SSSR count). The Morgan fingerprint density at radius 1 is 1.60 bits per heavy atom. The molecule has 0 bridgehead atoms. The number of nitro groups is 1. The fraction of sp³-hybridized carbons (Fsp3) is 0.571. The van der Waals surface area contributed by atoms with E-state index in [0.29, 0.717) is 4.80 Å². The van der Waals surface area contributed by atoms with E-state index in [9.17, 15) is 14.9 Å². The number of ether oxygens (including phenoxy) is 1. The first-order valence-corrected chi connectivity index (χ1v) is 4.10. The van der Waals surface area contributed by atoms with Gasteiger partial charge in [-0.25, -0.2) is 4.79 Å². The zero-order chi connectivity index (χ0) is 11.6. The first kappa shape index (κ1) is 11.1. The highest BCUT2D eigenvalue weighted by Gasteiger charge is 2.24. The molecular formula is C7H10N4O4. The van der Waals surface area contributed by atoms with Crippen molar-refractivity contribution in [3.8, 4) is 0 Å². The molecule has 0 fully saturated rings. The molecule has 0 unspecified atom stereocenters. The van der Waals surface area contributed by atoms with E-state index in [1.165, 1.54) is 0 Å². The lowest BCUT2D eigenvalue weighted by Gasteiger charge is -2.17. The van der Waals surface area contributed by atoms with Crippen LogP contribution in [0.1, 0.15) is 20.8 Å². The fourth-order valence-corrected chi connectivity index (χ4v) is 0.729. The van der Waals surface area contributed by atoms with Gasteiger partial charge in [-0.1, -0.05) is 0 Å². The zero-order valence-electron chi connectivity index (χ0n) is 8.50. The Kier molecular flexibility index (Phi) is 2.69. The summed E-state index contributed by atoms with van der Waals surface area (Å²) in [5, 5.41) is 17.0. The third-order valence-electron chi connectivity index (χ3n) is 1.22. The monoisotopic (exact) mass is 214 g/mol. The van der Waals surface area contributed by atoms with Crippen LogP contribution < -0.4 is 0 Å². The van der Waals surface area contributed by atoms with E-state index in [1.807, 2.05) is 0 Å². The van der Waals surface area contributed by atoms with Crippen LogP contribution >= 0.6 is 0 Å². The summed E-state index contributed by atoms with van der Waals surface area (Å²) >= 11 is 0. The first-order valence-electron chi connectivity index (χ1n) is 4.10. The molecule has 0 saturated heterocycles. The lowest BCUT2D eigenvalue weighted by molar-refractivity contribution is -0.389. The Morgan fingerprint density at radius 3 is 2.60 bits per heavy atom. The molecule has 1 aromatic rings. The van der Waals surface area contributed by atoms with Gasteiger partial charge in [0.1, 0.15) is 5.60 Å². The molecule has 0 aliphatic carbocycles. The normalized spacial score (nSPS) is 11.1. The Labute approximate surface area is 85.0 Å². The number of carbonyl (C=O) groups excluding carboxylic acids is 1. The van der Waals surface area contributed by atoms with Gasteiger partial charge in [-0.3, -0.25) is 0 Å². The first-order chi connectivity index (χ1) is 6.79. The van der Waals surface area contributed by atoms with Gasteiger partial charge < -0.3 is 14.9 Å². The quantitative estimate of drug-likeness (QED) is 0.510. The summed E-state index contributed by atoms with van der Waals surface area (Å²) in [6.07, 6.45) is 0.0276. The van der Waals surface area contributed by atoms with Crippen molar-refractivity contribution in [2.45, 2.75) is 26.4 Å².